The standard InChI is InChI=1S/C26H22BrF2NO5S/c1-36(33,34)30-20-10-16(9-17(11-20)26(31)32)21-3-2-4-22(21)23-12-18(27)6-8-25(23)35-14-15-5-7-19(28)13-24(15)29/h5-13,30H,2-4,14H2,1H3,(H,31,32). The molecule has 0 aromatic heterocycles. The lowest BCUT2D eigenvalue weighted by Crippen LogP contribution is -2.11. The predicted molar refractivity (Wildman–Crippen MR) is 137 cm³/mol. The number of hydrogen-bond donors (Lipinski definition) is 2. The molecule has 4 rings (SSSR count). The number of benzene rings is 3. The summed E-state index contributed by atoms with van der Waals surface area (Å²) in [7, 11) is -3.62. The molecule has 0 saturated heterocycles. The van der Waals surface area contributed by atoms with E-state index in [4.69, 9.17) is 4.74 Å². The summed E-state index contributed by atoms with van der Waals surface area (Å²) in [5.41, 5.74) is 3.43. The first-order valence-corrected chi connectivity index (χ1v) is 13.6. The zero-order chi connectivity index (χ0) is 26.0. The minimum absolute atomic E-state index is 0.0464. The second kappa shape index (κ2) is 10.4. The van der Waals surface area contributed by atoms with Crippen molar-refractivity contribution in [1.82, 2.24) is 0 Å². The van der Waals surface area contributed by atoms with Crippen LogP contribution in [0.5, 0.6) is 5.75 Å². The van der Waals surface area contributed by atoms with Gasteiger partial charge in [-0.15, -0.1) is 0 Å². The maximum atomic E-state index is 14.1. The summed E-state index contributed by atoms with van der Waals surface area (Å²) in [6, 6.07) is 13.1. The largest absolute Gasteiger partial charge is 0.488 e. The fourth-order valence-corrected chi connectivity index (χ4v) is 5.12. The lowest BCUT2D eigenvalue weighted by molar-refractivity contribution is 0.0697. The number of allylic oxidation sites excluding steroid dienone is 2. The van der Waals surface area contributed by atoms with Crippen LogP contribution < -0.4 is 9.46 Å². The number of hydrogen-bond acceptors (Lipinski definition) is 4. The SMILES string of the molecule is CS(=O)(=O)Nc1cc(C(=O)O)cc(C2=C(c3cc(Br)ccc3OCc3ccc(F)cc3F)CCC2)c1. The maximum absolute atomic E-state index is 14.1. The molecule has 2 N–H and O–H groups in total. The highest BCUT2D eigenvalue weighted by atomic mass is 79.9. The predicted octanol–water partition coefficient (Wildman–Crippen LogP) is 6.47. The van der Waals surface area contributed by atoms with Crippen LogP contribution in [0, 0.1) is 11.6 Å². The van der Waals surface area contributed by atoms with E-state index in [1.54, 1.807) is 18.2 Å². The Bertz CT molecular complexity index is 1490. The summed E-state index contributed by atoms with van der Waals surface area (Å²) in [4.78, 5) is 11.7. The summed E-state index contributed by atoms with van der Waals surface area (Å²) in [5, 5.41) is 9.58. The van der Waals surface area contributed by atoms with Gasteiger partial charge < -0.3 is 9.84 Å². The Labute approximate surface area is 215 Å². The molecule has 10 heteroatoms. The Morgan fingerprint density at radius 3 is 2.50 bits per heavy atom. The Kier molecular flexibility index (Phi) is 7.46. The Morgan fingerprint density at radius 2 is 1.81 bits per heavy atom. The van der Waals surface area contributed by atoms with E-state index < -0.39 is 27.6 Å². The molecule has 3 aromatic carbocycles. The highest BCUT2D eigenvalue weighted by Gasteiger charge is 2.23. The monoisotopic (exact) mass is 577 g/mol. The summed E-state index contributed by atoms with van der Waals surface area (Å²) >= 11 is 3.48. The van der Waals surface area contributed by atoms with Gasteiger partial charge in [0, 0.05) is 27.4 Å². The number of anilines is 1. The van der Waals surface area contributed by atoms with Crippen molar-refractivity contribution in [3.05, 3.63) is 93.0 Å². The van der Waals surface area contributed by atoms with Gasteiger partial charge in [-0.05, 0) is 84.5 Å². The molecule has 0 unspecified atom stereocenters. The third kappa shape index (κ3) is 6.11. The van der Waals surface area contributed by atoms with E-state index in [-0.39, 0.29) is 23.4 Å². The Hall–Kier alpha value is -3.24. The molecule has 0 spiro atoms. The molecule has 0 fully saturated rings. The number of sulfonamides is 1. The molecule has 0 heterocycles. The molecule has 188 valence electrons. The Morgan fingerprint density at radius 1 is 1.06 bits per heavy atom. The molecule has 0 aliphatic heterocycles. The van der Waals surface area contributed by atoms with E-state index in [1.807, 2.05) is 6.07 Å². The molecule has 6 nitrogen and oxygen atoms in total. The molecular weight excluding hydrogens is 556 g/mol. The number of ether oxygens (including phenoxy) is 1. The van der Waals surface area contributed by atoms with Gasteiger partial charge in [-0.2, -0.15) is 0 Å². The van der Waals surface area contributed by atoms with Gasteiger partial charge in [0.25, 0.3) is 0 Å². The molecular formula is C26H22BrF2NO5S. The third-order valence-corrected chi connectivity index (χ3v) is 6.81. The normalized spacial score (nSPS) is 13.7. The minimum atomic E-state index is -3.62. The number of nitrogens with one attached hydrogen (secondary N) is 1. The second-order valence-corrected chi connectivity index (χ2v) is 11.1. The van der Waals surface area contributed by atoms with Crippen LogP contribution >= 0.6 is 15.9 Å². The summed E-state index contributed by atoms with van der Waals surface area (Å²) in [6.45, 7) is -0.111. The van der Waals surface area contributed by atoms with Gasteiger partial charge in [0.15, 0.2) is 0 Å². The van der Waals surface area contributed by atoms with E-state index in [0.717, 1.165) is 39.9 Å². The number of carbonyl (C=O) groups is 1. The van der Waals surface area contributed by atoms with Gasteiger partial charge in [0.1, 0.15) is 24.0 Å². The first-order chi connectivity index (χ1) is 17.0. The number of aromatic carboxylic acids is 1. The molecule has 0 radical (unpaired) electrons. The second-order valence-electron chi connectivity index (χ2n) is 8.45. The number of carboxylic acid groups (broad SMARTS) is 1. The molecule has 0 amide bonds. The van der Waals surface area contributed by atoms with Crippen LogP contribution in [0.15, 0.2) is 59.1 Å². The van der Waals surface area contributed by atoms with Crippen LogP contribution in [0.25, 0.3) is 11.1 Å². The van der Waals surface area contributed by atoms with Crippen LogP contribution in [0.3, 0.4) is 0 Å². The van der Waals surface area contributed by atoms with E-state index in [0.29, 0.717) is 24.2 Å². The van der Waals surface area contributed by atoms with Crippen molar-refractivity contribution < 1.29 is 31.8 Å². The van der Waals surface area contributed by atoms with Crippen molar-refractivity contribution >= 4 is 48.8 Å². The van der Waals surface area contributed by atoms with Crippen molar-refractivity contribution in [2.75, 3.05) is 11.0 Å². The highest BCUT2D eigenvalue weighted by molar-refractivity contribution is 9.10. The molecule has 3 aromatic rings. The molecule has 36 heavy (non-hydrogen) atoms. The van der Waals surface area contributed by atoms with E-state index in [2.05, 4.69) is 20.7 Å². The molecule has 1 aliphatic rings. The average Bonchev–Trinajstić information content (AvgIpc) is 3.27. The van der Waals surface area contributed by atoms with E-state index in [9.17, 15) is 27.1 Å². The van der Waals surface area contributed by atoms with Gasteiger partial charge in [0.05, 0.1) is 11.8 Å². The van der Waals surface area contributed by atoms with E-state index in [1.165, 1.54) is 24.3 Å². The fraction of sp³-hybridized carbons (Fsp3) is 0.192. The van der Waals surface area contributed by atoms with E-state index >= 15 is 0 Å². The van der Waals surface area contributed by atoms with Gasteiger partial charge in [-0.25, -0.2) is 22.0 Å². The maximum Gasteiger partial charge on any atom is 0.335 e. The van der Waals surface area contributed by atoms with Crippen LogP contribution in [-0.2, 0) is 16.6 Å². The minimum Gasteiger partial charge on any atom is -0.488 e. The lowest BCUT2D eigenvalue weighted by Gasteiger charge is -2.16. The quantitative estimate of drug-likeness (QED) is 0.320. The van der Waals surface area contributed by atoms with Crippen molar-refractivity contribution in [2.45, 2.75) is 25.9 Å². The molecule has 0 bridgehead atoms. The average molecular weight is 578 g/mol. The van der Waals surface area contributed by atoms with Crippen molar-refractivity contribution in [1.29, 1.82) is 0 Å². The number of rotatable bonds is 8. The van der Waals surface area contributed by atoms with Crippen molar-refractivity contribution in [3.63, 3.8) is 0 Å². The first-order valence-electron chi connectivity index (χ1n) is 11.0. The number of halogens is 3. The topological polar surface area (TPSA) is 92.7 Å². The van der Waals surface area contributed by atoms with Crippen LogP contribution in [0.2, 0.25) is 0 Å². The summed E-state index contributed by atoms with van der Waals surface area (Å²) in [5.74, 6) is -2.07. The van der Waals surface area contributed by atoms with Crippen LogP contribution in [0.4, 0.5) is 14.5 Å². The van der Waals surface area contributed by atoms with Gasteiger partial charge in [0.2, 0.25) is 10.0 Å². The number of carboxylic acids is 1. The third-order valence-electron chi connectivity index (χ3n) is 5.71. The van der Waals surface area contributed by atoms with Gasteiger partial charge >= 0.3 is 5.97 Å². The van der Waals surface area contributed by atoms with Crippen LogP contribution in [-0.4, -0.2) is 25.7 Å². The zero-order valence-corrected chi connectivity index (χ0v) is 21.5. The van der Waals surface area contributed by atoms with Gasteiger partial charge in [-0.3, -0.25) is 4.72 Å². The fourth-order valence-electron chi connectivity index (χ4n) is 4.22. The lowest BCUT2D eigenvalue weighted by atomic mass is 9.95. The molecule has 0 atom stereocenters. The van der Waals surface area contributed by atoms with Crippen molar-refractivity contribution in [3.8, 4) is 5.75 Å². The first kappa shape index (κ1) is 25.8. The highest BCUT2D eigenvalue weighted by Crippen LogP contribution is 2.44. The molecule has 0 saturated carbocycles. The summed E-state index contributed by atoms with van der Waals surface area (Å²) < 4.78 is 60.0. The Balaban J connectivity index is 1.77. The zero-order valence-electron chi connectivity index (χ0n) is 19.1. The van der Waals surface area contributed by atoms with Crippen LogP contribution in [0.1, 0.15) is 46.3 Å². The van der Waals surface area contributed by atoms with Crippen molar-refractivity contribution in [2.24, 2.45) is 0 Å². The molecule has 1 aliphatic carbocycles. The van der Waals surface area contributed by atoms with Gasteiger partial charge in [-0.1, -0.05) is 15.9 Å². The summed E-state index contributed by atoms with van der Waals surface area (Å²) in [6.07, 6.45) is 3.12. The smallest absolute Gasteiger partial charge is 0.335 e.